The van der Waals surface area contributed by atoms with Gasteiger partial charge in [0, 0.05) is 157 Å². The normalized spacial score (nSPS) is 23.8. The second kappa shape index (κ2) is 18.0. The van der Waals surface area contributed by atoms with Crippen molar-refractivity contribution in [3.05, 3.63) is 12.1 Å². The van der Waals surface area contributed by atoms with E-state index in [0.29, 0.717) is 0 Å². The molecule has 0 spiro atoms. The van der Waals surface area contributed by atoms with Crippen molar-refractivity contribution in [1.82, 2.24) is 42.5 Å². The van der Waals surface area contributed by atoms with Crippen LogP contribution >= 0.6 is 0 Å². The summed E-state index contributed by atoms with van der Waals surface area (Å²) in [6, 6.07) is 5.11. The van der Waals surface area contributed by atoms with Crippen LogP contribution in [0.25, 0.3) is 0 Å². The summed E-state index contributed by atoms with van der Waals surface area (Å²) >= 11 is 0. The van der Waals surface area contributed by atoms with Crippen LogP contribution in [0.1, 0.15) is 0 Å². The number of rotatable bonds is 4. The Morgan fingerprint density at radius 1 is 0.262 bits per heavy atom. The lowest BCUT2D eigenvalue weighted by atomic mass is 10.1. The average molecular weight is 587 g/mol. The van der Waals surface area contributed by atoms with Crippen LogP contribution in [0.15, 0.2) is 12.1 Å². The Balaban J connectivity index is 1.58. The summed E-state index contributed by atoms with van der Waals surface area (Å²) in [5, 5.41) is 29.2. The van der Waals surface area contributed by atoms with Crippen LogP contribution in [0.4, 0.5) is 22.7 Å². The zero-order valence-corrected chi connectivity index (χ0v) is 25.9. The molecule has 0 aliphatic carbocycles. The molecule has 238 valence electrons. The molecule has 1 aromatic rings. The van der Waals surface area contributed by atoms with Crippen molar-refractivity contribution < 1.29 is 0 Å². The van der Waals surface area contributed by atoms with Crippen LogP contribution in [0.2, 0.25) is 0 Å². The van der Waals surface area contributed by atoms with Gasteiger partial charge in [-0.25, -0.2) is 0 Å². The Kier molecular flexibility index (Phi) is 13.5. The summed E-state index contributed by atoms with van der Waals surface area (Å²) in [5.41, 5.74) is 5.50. The quantitative estimate of drug-likeness (QED) is 0.194. The Hall–Kier alpha value is -1.90. The van der Waals surface area contributed by atoms with Gasteiger partial charge in [-0.1, -0.05) is 0 Å². The van der Waals surface area contributed by atoms with Gasteiger partial charge in [0.1, 0.15) is 0 Å². The fraction of sp³-hybridized carbons (Fsp3) is 0.800. The molecule has 12 nitrogen and oxygen atoms in total. The van der Waals surface area contributed by atoms with E-state index in [1.54, 1.807) is 0 Å². The lowest BCUT2D eigenvalue weighted by Gasteiger charge is -2.38. The highest BCUT2D eigenvalue weighted by Crippen LogP contribution is 2.41. The third kappa shape index (κ3) is 9.55. The predicted octanol–water partition coefficient (Wildman–Crippen LogP) is -2.32. The monoisotopic (exact) mass is 586 g/mol. The molecular formula is C30H58N12. The van der Waals surface area contributed by atoms with Gasteiger partial charge in [0.2, 0.25) is 0 Å². The molecule has 4 aliphatic rings. The van der Waals surface area contributed by atoms with Crippen molar-refractivity contribution in [2.75, 3.05) is 177 Å². The number of hydrogen-bond donors (Lipinski definition) is 8. The van der Waals surface area contributed by atoms with Crippen LogP contribution in [0.3, 0.4) is 0 Å². The van der Waals surface area contributed by atoms with Crippen LogP contribution < -0.4 is 62.1 Å². The zero-order valence-electron chi connectivity index (χ0n) is 25.9. The fourth-order valence-corrected chi connectivity index (χ4v) is 6.40. The molecule has 4 heterocycles. The number of benzene rings is 1. The minimum absolute atomic E-state index is 1.00. The first-order chi connectivity index (χ1) is 20.9. The Bertz CT molecular complexity index is 723. The Labute approximate surface area is 254 Å². The van der Waals surface area contributed by atoms with Crippen molar-refractivity contribution in [1.29, 1.82) is 0 Å². The molecule has 0 unspecified atom stereocenters. The van der Waals surface area contributed by atoms with E-state index >= 15 is 0 Å². The Morgan fingerprint density at radius 2 is 0.429 bits per heavy atom. The summed E-state index contributed by atoms with van der Waals surface area (Å²) < 4.78 is 0. The SMILES string of the molecule is c1c(N2CCNCCNCC2)c(N2CCNCCNCC2)cc(N2CCNCCNCC2)c1N1CCNCCNCC1. The van der Waals surface area contributed by atoms with Gasteiger partial charge in [0.05, 0.1) is 22.7 Å². The summed E-state index contributed by atoms with van der Waals surface area (Å²) in [7, 11) is 0. The third-order valence-corrected chi connectivity index (χ3v) is 8.82. The molecule has 0 atom stereocenters. The van der Waals surface area contributed by atoms with E-state index < -0.39 is 0 Å². The van der Waals surface area contributed by atoms with Crippen LogP contribution in [-0.2, 0) is 0 Å². The molecule has 4 aliphatic heterocycles. The molecular weight excluding hydrogens is 528 g/mol. The first-order valence-electron chi connectivity index (χ1n) is 16.7. The zero-order chi connectivity index (χ0) is 28.7. The van der Waals surface area contributed by atoms with E-state index in [-0.39, 0.29) is 0 Å². The molecule has 0 aromatic heterocycles. The largest absolute Gasteiger partial charge is 0.367 e. The lowest BCUT2D eigenvalue weighted by molar-refractivity contribution is 0.652. The second-order valence-electron chi connectivity index (χ2n) is 11.8. The molecule has 4 saturated heterocycles. The highest BCUT2D eigenvalue weighted by molar-refractivity contribution is 5.86. The molecule has 42 heavy (non-hydrogen) atoms. The van der Waals surface area contributed by atoms with Crippen molar-refractivity contribution >= 4 is 22.7 Å². The molecule has 0 radical (unpaired) electrons. The van der Waals surface area contributed by atoms with Gasteiger partial charge in [0.25, 0.3) is 0 Å². The maximum Gasteiger partial charge on any atom is 0.0627 e. The van der Waals surface area contributed by atoms with Gasteiger partial charge in [0.15, 0.2) is 0 Å². The predicted molar refractivity (Wildman–Crippen MR) is 178 cm³/mol. The van der Waals surface area contributed by atoms with Gasteiger partial charge in [-0.2, -0.15) is 0 Å². The van der Waals surface area contributed by atoms with Crippen molar-refractivity contribution in [2.45, 2.75) is 0 Å². The number of anilines is 4. The topological polar surface area (TPSA) is 109 Å². The third-order valence-electron chi connectivity index (χ3n) is 8.82. The average Bonchev–Trinajstić information content (AvgIpc) is 3.38. The molecule has 8 N–H and O–H groups in total. The van der Waals surface area contributed by atoms with E-state index in [0.717, 1.165) is 157 Å². The highest BCUT2D eigenvalue weighted by Gasteiger charge is 2.25. The fourth-order valence-electron chi connectivity index (χ4n) is 6.40. The summed E-state index contributed by atoms with van der Waals surface area (Å²) in [5.74, 6) is 0. The van der Waals surface area contributed by atoms with E-state index in [2.05, 4.69) is 74.3 Å². The first-order valence-corrected chi connectivity index (χ1v) is 16.7. The second-order valence-corrected chi connectivity index (χ2v) is 11.8. The summed E-state index contributed by atoms with van der Waals surface area (Å²) in [6.45, 7) is 24.3. The molecule has 0 bridgehead atoms. The van der Waals surface area contributed by atoms with Gasteiger partial charge < -0.3 is 62.1 Å². The number of nitrogens with one attached hydrogen (secondary N) is 8. The molecule has 0 amide bonds. The van der Waals surface area contributed by atoms with Crippen molar-refractivity contribution in [3.63, 3.8) is 0 Å². The maximum absolute atomic E-state index is 3.65. The van der Waals surface area contributed by atoms with Gasteiger partial charge in [-0.15, -0.1) is 0 Å². The first kappa shape index (κ1) is 31.5. The summed E-state index contributed by atoms with van der Waals surface area (Å²) in [6.07, 6.45) is 0. The van der Waals surface area contributed by atoms with Crippen molar-refractivity contribution in [2.24, 2.45) is 0 Å². The lowest BCUT2D eigenvalue weighted by Crippen LogP contribution is -2.41. The van der Waals surface area contributed by atoms with E-state index in [4.69, 9.17) is 0 Å². The molecule has 5 rings (SSSR count). The maximum atomic E-state index is 3.65. The number of nitrogens with zero attached hydrogens (tertiary/aromatic N) is 4. The van der Waals surface area contributed by atoms with Crippen LogP contribution in [0.5, 0.6) is 0 Å². The highest BCUT2D eigenvalue weighted by atomic mass is 15.3. The van der Waals surface area contributed by atoms with E-state index in [1.165, 1.54) is 22.7 Å². The smallest absolute Gasteiger partial charge is 0.0627 e. The Morgan fingerprint density at radius 3 is 0.595 bits per heavy atom. The van der Waals surface area contributed by atoms with Crippen LogP contribution in [-0.4, -0.2) is 157 Å². The molecule has 0 saturated carbocycles. The van der Waals surface area contributed by atoms with E-state index in [1.807, 2.05) is 0 Å². The van der Waals surface area contributed by atoms with Gasteiger partial charge >= 0.3 is 0 Å². The summed E-state index contributed by atoms with van der Waals surface area (Å²) in [4.78, 5) is 10.5. The molecule has 1 aromatic carbocycles. The van der Waals surface area contributed by atoms with Crippen LogP contribution in [0, 0.1) is 0 Å². The molecule has 12 heteroatoms. The van der Waals surface area contributed by atoms with E-state index in [9.17, 15) is 0 Å². The number of hydrogen-bond acceptors (Lipinski definition) is 12. The van der Waals surface area contributed by atoms with Gasteiger partial charge in [-0.05, 0) is 12.1 Å². The van der Waals surface area contributed by atoms with Crippen molar-refractivity contribution in [3.8, 4) is 0 Å². The molecule has 4 fully saturated rings. The van der Waals surface area contributed by atoms with Gasteiger partial charge in [-0.3, -0.25) is 0 Å². The standard InChI is InChI=1S/C30H58N12/c1-2-32-10-18-39(17-9-31-1)27-25-29(41-21-13-35-5-6-36-14-22-41)30(42-23-15-37-7-8-38-16-24-42)26-28(27)40-19-11-33-3-4-34-12-20-40/h25-26,31-38H,1-24H2. The minimum Gasteiger partial charge on any atom is -0.367 e. The minimum atomic E-state index is 1.00.